The second-order valence-corrected chi connectivity index (χ2v) is 3.53. The second kappa shape index (κ2) is 7.80. The zero-order valence-electron chi connectivity index (χ0n) is 9.62. The number of carbonyl (C=O) groups is 1. The Labute approximate surface area is 87.1 Å². The highest BCUT2D eigenvalue weighted by atomic mass is 16.3. The molecule has 1 amide bonds. The molecule has 14 heavy (non-hydrogen) atoms. The summed E-state index contributed by atoms with van der Waals surface area (Å²) in [5.74, 6) is 0.176. The maximum absolute atomic E-state index is 11.7. The first-order valence-electron chi connectivity index (χ1n) is 5.61. The highest BCUT2D eigenvalue weighted by molar-refractivity contribution is 5.76. The van der Waals surface area contributed by atoms with Crippen molar-refractivity contribution < 1.29 is 9.90 Å². The van der Waals surface area contributed by atoms with Crippen molar-refractivity contribution in [1.29, 1.82) is 0 Å². The topological polar surface area (TPSA) is 40.5 Å². The number of aliphatic hydroxyl groups is 1. The second-order valence-electron chi connectivity index (χ2n) is 3.53. The van der Waals surface area contributed by atoms with Crippen molar-refractivity contribution in [1.82, 2.24) is 4.90 Å². The number of amides is 1. The molecule has 0 saturated carbocycles. The molecule has 0 aliphatic rings. The molecule has 1 N–H and O–H groups in total. The van der Waals surface area contributed by atoms with Gasteiger partial charge in [0.25, 0.3) is 0 Å². The molecule has 0 aromatic rings. The molecule has 3 nitrogen and oxygen atoms in total. The fourth-order valence-electron chi connectivity index (χ4n) is 1.71. The van der Waals surface area contributed by atoms with Gasteiger partial charge in [-0.25, -0.2) is 0 Å². The molecule has 0 heterocycles. The van der Waals surface area contributed by atoms with E-state index in [0.717, 1.165) is 19.3 Å². The molecule has 3 heteroatoms. The molecule has 0 aromatic carbocycles. The van der Waals surface area contributed by atoms with E-state index in [1.165, 1.54) is 0 Å². The van der Waals surface area contributed by atoms with Gasteiger partial charge in [-0.05, 0) is 19.3 Å². The molecule has 0 radical (unpaired) electrons. The summed E-state index contributed by atoms with van der Waals surface area (Å²) in [5.41, 5.74) is 0. The molecule has 0 spiro atoms. The van der Waals surface area contributed by atoms with Crippen molar-refractivity contribution in [3.63, 3.8) is 0 Å². The molecular weight excluding hydrogens is 178 g/mol. The fourth-order valence-corrected chi connectivity index (χ4v) is 1.71. The summed E-state index contributed by atoms with van der Waals surface area (Å²) in [5, 5.41) is 8.90. The molecule has 0 atom stereocenters. The zero-order chi connectivity index (χ0) is 11.0. The number of aliphatic hydroxyl groups excluding tert-OH is 1. The van der Waals surface area contributed by atoms with Crippen LogP contribution in [0.2, 0.25) is 0 Å². The Morgan fingerprint density at radius 1 is 1.29 bits per heavy atom. The van der Waals surface area contributed by atoms with Gasteiger partial charge < -0.3 is 10.0 Å². The summed E-state index contributed by atoms with van der Waals surface area (Å²) < 4.78 is 0. The van der Waals surface area contributed by atoms with Gasteiger partial charge >= 0.3 is 0 Å². The molecule has 0 bridgehead atoms. The smallest absolute Gasteiger partial charge is 0.222 e. The van der Waals surface area contributed by atoms with Crippen LogP contribution in [-0.4, -0.2) is 35.1 Å². The quantitative estimate of drug-likeness (QED) is 0.682. The summed E-state index contributed by atoms with van der Waals surface area (Å²) in [6, 6.07) is 0.293. The van der Waals surface area contributed by atoms with E-state index in [1.54, 1.807) is 0 Å². The summed E-state index contributed by atoms with van der Waals surface area (Å²) in [6.45, 7) is 6.70. The molecule has 0 aromatic heterocycles. The molecule has 0 unspecified atom stereocenters. The Morgan fingerprint density at radius 3 is 2.21 bits per heavy atom. The average Bonchev–Trinajstić information content (AvgIpc) is 2.18. The van der Waals surface area contributed by atoms with E-state index in [0.29, 0.717) is 19.0 Å². The highest BCUT2D eigenvalue weighted by Gasteiger charge is 2.19. The predicted octanol–water partition coefficient (Wildman–Crippen LogP) is 1.80. The predicted molar refractivity (Wildman–Crippen MR) is 58.1 cm³/mol. The van der Waals surface area contributed by atoms with Gasteiger partial charge in [0, 0.05) is 19.0 Å². The van der Waals surface area contributed by atoms with Gasteiger partial charge in [-0.3, -0.25) is 4.79 Å². The number of hydrogen-bond donors (Lipinski definition) is 1. The molecule has 84 valence electrons. The van der Waals surface area contributed by atoms with E-state index < -0.39 is 0 Å². The van der Waals surface area contributed by atoms with Gasteiger partial charge in [-0.2, -0.15) is 0 Å². The SMILES string of the molecule is CCCC(=O)N(CCO)C(CC)CC. The van der Waals surface area contributed by atoms with Crippen molar-refractivity contribution in [2.45, 2.75) is 52.5 Å². The Balaban J connectivity index is 4.31. The van der Waals surface area contributed by atoms with Crippen LogP contribution in [0.15, 0.2) is 0 Å². The van der Waals surface area contributed by atoms with E-state index in [-0.39, 0.29) is 12.5 Å². The van der Waals surface area contributed by atoms with E-state index >= 15 is 0 Å². The van der Waals surface area contributed by atoms with Crippen molar-refractivity contribution >= 4 is 5.91 Å². The third-order valence-electron chi connectivity index (χ3n) is 2.51. The van der Waals surface area contributed by atoms with Crippen LogP contribution in [0.1, 0.15) is 46.5 Å². The van der Waals surface area contributed by atoms with Crippen LogP contribution in [0, 0.1) is 0 Å². The molecule has 0 fully saturated rings. The first-order valence-corrected chi connectivity index (χ1v) is 5.61. The first-order chi connectivity index (χ1) is 6.71. The van der Waals surface area contributed by atoms with Crippen LogP contribution in [0.3, 0.4) is 0 Å². The maximum Gasteiger partial charge on any atom is 0.222 e. The summed E-state index contributed by atoms with van der Waals surface area (Å²) in [6.07, 6.45) is 3.40. The Morgan fingerprint density at radius 2 is 1.86 bits per heavy atom. The monoisotopic (exact) mass is 201 g/mol. The number of rotatable bonds is 7. The number of nitrogens with zero attached hydrogens (tertiary/aromatic N) is 1. The van der Waals surface area contributed by atoms with Crippen LogP contribution in [-0.2, 0) is 4.79 Å². The van der Waals surface area contributed by atoms with E-state index in [1.807, 2.05) is 11.8 Å². The lowest BCUT2D eigenvalue weighted by Gasteiger charge is -2.30. The van der Waals surface area contributed by atoms with Crippen LogP contribution in [0.25, 0.3) is 0 Å². The first kappa shape index (κ1) is 13.4. The van der Waals surface area contributed by atoms with Crippen molar-refractivity contribution in [2.75, 3.05) is 13.2 Å². The lowest BCUT2D eigenvalue weighted by atomic mass is 10.1. The van der Waals surface area contributed by atoms with Gasteiger partial charge in [-0.15, -0.1) is 0 Å². The lowest BCUT2D eigenvalue weighted by molar-refractivity contribution is -0.134. The number of carbonyl (C=O) groups excluding carboxylic acids is 1. The van der Waals surface area contributed by atoms with Crippen LogP contribution >= 0.6 is 0 Å². The summed E-state index contributed by atoms with van der Waals surface area (Å²) >= 11 is 0. The van der Waals surface area contributed by atoms with Crippen LogP contribution in [0.5, 0.6) is 0 Å². The van der Waals surface area contributed by atoms with Crippen LogP contribution in [0.4, 0.5) is 0 Å². The minimum absolute atomic E-state index is 0.0615. The minimum Gasteiger partial charge on any atom is -0.395 e. The average molecular weight is 201 g/mol. The highest BCUT2D eigenvalue weighted by Crippen LogP contribution is 2.10. The van der Waals surface area contributed by atoms with Gasteiger partial charge in [0.15, 0.2) is 0 Å². The lowest BCUT2D eigenvalue weighted by Crippen LogP contribution is -2.41. The molecule has 0 rings (SSSR count). The third kappa shape index (κ3) is 4.09. The molecule has 0 saturated heterocycles. The number of hydrogen-bond acceptors (Lipinski definition) is 2. The van der Waals surface area contributed by atoms with Gasteiger partial charge in [0.1, 0.15) is 0 Å². The largest absolute Gasteiger partial charge is 0.395 e. The zero-order valence-corrected chi connectivity index (χ0v) is 9.62. The standard InChI is InChI=1S/C11H23NO2/c1-4-7-11(14)12(8-9-13)10(5-2)6-3/h10,13H,4-9H2,1-3H3. The van der Waals surface area contributed by atoms with E-state index in [4.69, 9.17) is 5.11 Å². The molecule has 0 aliphatic carbocycles. The Hall–Kier alpha value is -0.570. The van der Waals surface area contributed by atoms with Crippen LogP contribution < -0.4 is 0 Å². The minimum atomic E-state index is 0.0615. The third-order valence-corrected chi connectivity index (χ3v) is 2.51. The summed E-state index contributed by atoms with van der Waals surface area (Å²) in [4.78, 5) is 13.5. The molecule has 0 aliphatic heterocycles. The van der Waals surface area contributed by atoms with Gasteiger partial charge in [0.2, 0.25) is 5.91 Å². The van der Waals surface area contributed by atoms with E-state index in [2.05, 4.69) is 13.8 Å². The van der Waals surface area contributed by atoms with Crippen molar-refractivity contribution in [3.05, 3.63) is 0 Å². The Kier molecular flexibility index (Phi) is 7.48. The van der Waals surface area contributed by atoms with Crippen molar-refractivity contribution in [3.8, 4) is 0 Å². The maximum atomic E-state index is 11.7. The Bertz CT molecular complexity index is 155. The van der Waals surface area contributed by atoms with Crippen molar-refractivity contribution in [2.24, 2.45) is 0 Å². The molecular formula is C11H23NO2. The van der Waals surface area contributed by atoms with Gasteiger partial charge in [-0.1, -0.05) is 20.8 Å². The normalized spacial score (nSPS) is 10.6. The van der Waals surface area contributed by atoms with Gasteiger partial charge in [0.05, 0.1) is 6.61 Å². The van der Waals surface area contributed by atoms with E-state index in [9.17, 15) is 4.79 Å². The fraction of sp³-hybridized carbons (Fsp3) is 0.909. The summed E-state index contributed by atoms with van der Waals surface area (Å²) in [7, 11) is 0.